The van der Waals surface area contributed by atoms with Gasteiger partial charge in [0.2, 0.25) is 0 Å². The highest BCUT2D eigenvalue weighted by molar-refractivity contribution is 7.80. The van der Waals surface area contributed by atoms with Crippen molar-refractivity contribution in [3.63, 3.8) is 0 Å². The smallest absolute Gasteiger partial charge is 0.141 e. The predicted octanol–water partition coefficient (Wildman–Crippen LogP) is 2.66. The van der Waals surface area contributed by atoms with Gasteiger partial charge in [-0.1, -0.05) is 30.4 Å². The molecule has 0 fully saturated rings. The first-order valence-electron chi connectivity index (χ1n) is 6.50. The molecule has 2 rings (SSSR count). The fourth-order valence-corrected chi connectivity index (χ4v) is 2.14. The van der Waals surface area contributed by atoms with Crippen LogP contribution in [0.15, 0.2) is 42.5 Å². The minimum Gasteiger partial charge on any atom is -0.497 e. The Morgan fingerprint density at radius 1 is 1.19 bits per heavy atom. The maximum atomic E-state index is 9.12. The molecule has 21 heavy (non-hydrogen) atoms. The summed E-state index contributed by atoms with van der Waals surface area (Å²) in [4.78, 5) is 0.257. The van der Waals surface area contributed by atoms with E-state index in [1.54, 1.807) is 25.3 Å². The first kappa shape index (κ1) is 15.3. The molecule has 0 spiro atoms. The molecule has 3 N–H and O–H groups in total. The second-order valence-corrected chi connectivity index (χ2v) is 4.85. The lowest BCUT2D eigenvalue weighted by Gasteiger charge is -2.14. The molecule has 0 amide bonds. The number of aliphatic hydroxyl groups is 1. The zero-order valence-electron chi connectivity index (χ0n) is 11.7. The average Bonchev–Trinajstić information content (AvgIpc) is 2.49. The Hall–Kier alpha value is -2.11. The lowest BCUT2D eigenvalue weighted by atomic mass is 10.1. The minimum absolute atomic E-state index is 0.0562. The highest BCUT2D eigenvalue weighted by Crippen LogP contribution is 2.31. The van der Waals surface area contributed by atoms with Crippen LogP contribution in [0.25, 0.3) is 0 Å². The maximum absolute atomic E-state index is 9.12. The van der Waals surface area contributed by atoms with Crippen molar-refractivity contribution >= 4 is 17.2 Å². The molecule has 0 heterocycles. The van der Waals surface area contributed by atoms with Crippen LogP contribution >= 0.6 is 12.2 Å². The fourth-order valence-electron chi connectivity index (χ4n) is 1.97. The lowest BCUT2D eigenvalue weighted by molar-refractivity contribution is 0.298. The normalized spacial score (nSPS) is 10.2. The van der Waals surface area contributed by atoms with Gasteiger partial charge in [-0.15, -0.1) is 0 Å². The highest BCUT2D eigenvalue weighted by atomic mass is 32.1. The van der Waals surface area contributed by atoms with Crippen LogP contribution in [0.5, 0.6) is 17.2 Å². The zero-order valence-corrected chi connectivity index (χ0v) is 12.5. The van der Waals surface area contributed by atoms with E-state index in [0.29, 0.717) is 29.2 Å². The molecule has 0 aliphatic heterocycles. The van der Waals surface area contributed by atoms with Gasteiger partial charge in [-0.25, -0.2) is 0 Å². The Morgan fingerprint density at radius 3 is 2.62 bits per heavy atom. The number of para-hydroxylation sites is 1. The molecule has 110 valence electrons. The topological polar surface area (TPSA) is 64.7 Å². The van der Waals surface area contributed by atoms with Crippen LogP contribution in [0.4, 0.5) is 0 Å². The summed E-state index contributed by atoms with van der Waals surface area (Å²) in [7, 11) is 1.58. The van der Waals surface area contributed by atoms with Gasteiger partial charge in [-0.3, -0.25) is 0 Å². The second-order valence-electron chi connectivity index (χ2n) is 4.41. The van der Waals surface area contributed by atoms with E-state index >= 15 is 0 Å². The van der Waals surface area contributed by atoms with Crippen molar-refractivity contribution < 1.29 is 14.6 Å². The van der Waals surface area contributed by atoms with Crippen LogP contribution in [0.2, 0.25) is 0 Å². The van der Waals surface area contributed by atoms with E-state index in [4.69, 9.17) is 32.5 Å². The standard InChI is InChI=1S/C16H17NO3S/c1-19-12-6-7-13(16(17)21)15(10-12)20-14-5-3-2-4-11(14)8-9-18/h2-7,10,18H,8-9H2,1H3,(H2,17,21). The second kappa shape index (κ2) is 7.06. The Balaban J connectivity index is 2.40. The molecule has 4 nitrogen and oxygen atoms in total. The molecular weight excluding hydrogens is 286 g/mol. The van der Waals surface area contributed by atoms with E-state index in [1.807, 2.05) is 24.3 Å². The summed E-state index contributed by atoms with van der Waals surface area (Å²) in [5.74, 6) is 1.86. The monoisotopic (exact) mass is 303 g/mol. The summed E-state index contributed by atoms with van der Waals surface area (Å²) >= 11 is 5.05. The van der Waals surface area contributed by atoms with Crippen LogP contribution in [0.3, 0.4) is 0 Å². The summed E-state index contributed by atoms with van der Waals surface area (Å²) in [6.45, 7) is 0.0562. The van der Waals surface area contributed by atoms with Gasteiger partial charge in [-0.05, 0) is 30.2 Å². The van der Waals surface area contributed by atoms with E-state index in [1.165, 1.54) is 0 Å². The number of hydrogen-bond donors (Lipinski definition) is 2. The van der Waals surface area contributed by atoms with Gasteiger partial charge in [0.25, 0.3) is 0 Å². The van der Waals surface area contributed by atoms with Crippen molar-refractivity contribution in [3.05, 3.63) is 53.6 Å². The first-order chi connectivity index (χ1) is 10.2. The van der Waals surface area contributed by atoms with Crippen LogP contribution in [-0.2, 0) is 6.42 Å². The van der Waals surface area contributed by atoms with Gasteiger partial charge >= 0.3 is 0 Å². The SMILES string of the molecule is COc1ccc(C(N)=S)c(Oc2ccccc2CCO)c1. The molecule has 0 unspecified atom stereocenters. The maximum Gasteiger partial charge on any atom is 0.141 e. The minimum atomic E-state index is 0.0562. The molecule has 5 heteroatoms. The first-order valence-corrected chi connectivity index (χ1v) is 6.91. The van der Waals surface area contributed by atoms with E-state index < -0.39 is 0 Å². The summed E-state index contributed by atoms with van der Waals surface area (Å²) < 4.78 is 11.1. The average molecular weight is 303 g/mol. The van der Waals surface area contributed by atoms with Gasteiger partial charge < -0.3 is 20.3 Å². The van der Waals surface area contributed by atoms with Crippen molar-refractivity contribution in [1.82, 2.24) is 0 Å². The number of benzene rings is 2. The van der Waals surface area contributed by atoms with Crippen molar-refractivity contribution in [2.45, 2.75) is 6.42 Å². The molecule has 0 saturated heterocycles. The van der Waals surface area contributed by atoms with Crippen molar-refractivity contribution in [2.75, 3.05) is 13.7 Å². The number of nitrogens with two attached hydrogens (primary N) is 1. The van der Waals surface area contributed by atoms with Crippen LogP contribution in [0, 0.1) is 0 Å². The molecule has 0 bridgehead atoms. The number of ether oxygens (including phenoxy) is 2. The van der Waals surface area contributed by atoms with E-state index in [0.717, 1.165) is 5.56 Å². The van der Waals surface area contributed by atoms with E-state index in [2.05, 4.69) is 0 Å². The number of rotatable bonds is 6. The van der Waals surface area contributed by atoms with Crippen molar-refractivity contribution in [3.8, 4) is 17.2 Å². The summed E-state index contributed by atoms with van der Waals surface area (Å²) in [6, 6.07) is 12.8. The van der Waals surface area contributed by atoms with Crippen molar-refractivity contribution in [1.29, 1.82) is 0 Å². The van der Waals surface area contributed by atoms with Gasteiger partial charge in [0.15, 0.2) is 0 Å². The zero-order chi connectivity index (χ0) is 15.2. The predicted molar refractivity (Wildman–Crippen MR) is 86.2 cm³/mol. The molecule has 0 aliphatic rings. The van der Waals surface area contributed by atoms with Gasteiger partial charge in [0, 0.05) is 12.7 Å². The van der Waals surface area contributed by atoms with Gasteiger partial charge in [0.1, 0.15) is 22.2 Å². The largest absolute Gasteiger partial charge is 0.497 e. The van der Waals surface area contributed by atoms with Gasteiger partial charge in [0.05, 0.1) is 12.7 Å². The Kier molecular flexibility index (Phi) is 5.14. The molecule has 0 aliphatic carbocycles. The summed E-state index contributed by atoms with van der Waals surface area (Å²) in [6.07, 6.45) is 0.516. The Morgan fingerprint density at radius 2 is 1.95 bits per heavy atom. The Bertz CT molecular complexity index is 643. The quantitative estimate of drug-likeness (QED) is 0.803. The third-order valence-electron chi connectivity index (χ3n) is 3.03. The van der Waals surface area contributed by atoms with Gasteiger partial charge in [-0.2, -0.15) is 0 Å². The fraction of sp³-hybridized carbons (Fsp3) is 0.188. The Labute approximate surface area is 129 Å². The van der Waals surface area contributed by atoms with Crippen LogP contribution in [-0.4, -0.2) is 23.8 Å². The summed E-state index contributed by atoms with van der Waals surface area (Å²) in [5.41, 5.74) is 7.28. The third-order valence-corrected chi connectivity index (χ3v) is 3.25. The highest BCUT2D eigenvalue weighted by Gasteiger charge is 2.11. The molecule has 0 aromatic heterocycles. The van der Waals surface area contributed by atoms with Crippen molar-refractivity contribution in [2.24, 2.45) is 5.73 Å². The van der Waals surface area contributed by atoms with E-state index in [9.17, 15) is 0 Å². The number of hydrogen-bond acceptors (Lipinski definition) is 4. The molecule has 2 aromatic rings. The molecular formula is C16H17NO3S. The molecule has 0 atom stereocenters. The third kappa shape index (κ3) is 3.71. The molecule has 0 radical (unpaired) electrons. The lowest BCUT2D eigenvalue weighted by Crippen LogP contribution is -2.11. The number of aliphatic hydroxyl groups excluding tert-OH is 1. The number of methoxy groups -OCH3 is 1. The van der Waals surface area contributed by atoms with Crippen LogP contribution in [0.1, 0.15) is 11.1 Å². The molecule has 0 saturated carbocycles. The number of thiocarbonyl (C=S) groups is 1. The molecule has 2 aromatic carbocycles. The van der Waals surface area contributed by atoms with E-state index in [-0.39, 0.29) is 11.6 Å². The summed E-state index contributed by atoms with van der Waals surface area (Å²) in [5, 5.41) is 9.12. The van der Waals surface area contributed by atoms with Crippen LogP contribution < -0.4 is 15.2 Å².